The van der Waals surface area contributed by atoms with Crippen LogP contribution in [0.4, 0.5) is 5.82 Å². The second kappa shape index (κ2) is 5.46. The first-order valence-corrected chi connectivity index (χ1v) is 7.58. The molecule has 1 fully saturated rings. The molecule has 3 heterocycles. The predicted molar refractivity (Wildman–Crippen MR) is 85.6 cm³/mol. The van der Waals surface area contributed by atoms with E-state index in [-0.39, 0.29) is 0 Å². The molecule has 0 bridgehead atoms. The molecule has 0 aliphatic carbocycles. The number of aromatic amines is 1. The van der Waals surface area contributed by atoms with Gasteiger partial charge in [0.1, 0.15) is 23.1 Å². The van der Waals surface area contributed by atoms with E-state index in [0.29, 0.717) is 6.61 Å². The average molecular weight is 298 g/mol. The van der Waals surface area contributed by atoms with Gasteiger partial charge in [0.15, 0.2) is 5.82 Å². The Morgan fingerprint density at radius 3 is 2.95 bits per heavy atom. The maximum Gasteiger partial charge on any atom is 0.156 e. The van der Waals surface area contributed by atoms with Crippen molar-refractivity contribution in [2.24, 2.45) is 0 Å². The van der Waals surface area contributed by atoms with Gasteiger partial charge in [-0.3, -0.25) is 0 Å². The van der Waals surface area contributed by atoms with Crippen molar-refractivity contribution in [3.63, 3.8) is 0 Å². The molecule has 3 aromatic rings. The average Bonchev–Trinajstić information content (AvgIpc) is 2.94. The van der Waals surface area contributed by atoms with E-state index in [4.69, 9.17) is 9.47 Å². The molecule has 6 heteroatoms. The largest absolute Gasteiger partial charge is 0.494 e. The summed E-state index contributed by atoms with van der Waals surface area (Å²) in [7, 11) is 0. The van der Waals surface area contributed by atoms with Crippen LogP contribution in [-0.4, -0.2) is 47.9 Å². The summed E-state index contributed by atoms with van der Waals surface area (Å²) in [6, 6.07) is 6.04. The number of rotatable bonds is 3. The van der Waals surface area contributed by atoms with E-state index in [9.17, 15) is 0 Å². The monoisotopic (exact) mass is 298 g/mol. The van der Waals surface area contributed by atoms with Gasteiger partial charge in [-0.25, -0.2) is 9.97 Å². The van der Waals surface area contributed by atoms with Crippen molar-refractivity contribution in [3.05, 3.63) is 24.5 Å². The molecule has 1 aliphatic heterocycles. The molecular formula is C16H18N4O2. The number of benzene rings is 1. The lowest BCUT2D eigenvalue weighted by atomic mass is 10.2. The number of aromatic nitrogens is 3. The molecule has 114 valence electrons. The highest BCUT2D eigenvalue weighted by Crippen LogP contribution is 2.31. The first-order chi connectivity index (χ1) is 10.9. The second-order valence-corrected chi connectivity index (χ2v) is 5.29. The predicted octanol–water partition coefficient (Wildman–Crippen LogP) is 2.35. The second-order valence-electron chi connectivity index (χ2n) is 5.29. The molecule has 1 aliphatic rings. The highest BCUT2D eigenvalue weighted by Gasteiger charge is 2.18. The Balaban J connectivity index is 1.87. The summed E-state index contributed by atoms with van der Waals surface area (Å²) in [5.41, 5.74) is 2.97. The van der Waals surface area contributed by atoms with E-state index in [0.717, 1.165) is 59.8 Å². The van der Waals surface area contributed by atoms with Gasteiger partial charge in [0.25, 0.3) is 0 Å². The Labute approximate surface area is 128 Å². The highest BCUT2D eigenvalue weighted by molar-refractivity contribution is 6.08. The van der Waals surface area contributed by atoms with E-state index >= 15 is 0 Å². The third kappa shape index (κ3) is 2.16. The number of H-pyrrole nitrogens is 1. The first kappa shape index (κ1) is 13.3. The molecule has 4 rings (SSSR count). The summed E-state index contributed by atoms with van der Waals surface area (Å²) in [6.45, 7) is 5.82. The van der Waals surface area contributed by atoms with Crippen LogP contribution in [0.3, 0.4) is 0 Å². The molecule has 1 N–H and O–H groups in total. The fraction of sp³-hybridized carbons (Fsp3) is 0.375. The fourth-order valence-corrected chi connectivity index (χ4v) is 2.93. The Hall–Kier alpha value is -2.34. The summed E-state index contributed by atoms with van der Waals surface area (Å²) >= 11 is 0. The van der Waals surface area contributed by atoms with E-state index < -0.39 is 0 Å². The van der Waals surface area contributed by atoms with Crippen LogP contribution < -0.4 is 9.64 Å². The van der Waals surface area contributed by atoms with Gasteiger partial charge in [-0.05, 0) is 25.1 Å². The quantitative estimate of drug-likeness (QED) is 0.804. The van der Waals surface area contributed by atoms with Gasteiger partial charge in [0.2, 0.25) is 0 Å². The summed E-state index contributed by atoms with van der Waals surface area (Å²) < 4.78 is 11.0. The fourth-order valence-electron chi connectivity index (χ4n) is 2.93. The van der Waals surface area contributed by atoms with Gasteiger partial charge in [0, 0.05) is 24.0 Å². The number of anilines is 1. The van der Waals surface area contributed by atoms with Crippen molar-refractivity contribution in [1.29, 1.82) is 0 Å². The van der Waals surface area contributed by atoms with E-state index in [1.165, 1.54) is 0 Å². The van der Waals surface area contributed by atoms with Crippen molar-refractivity contribution in [2.45, 2.75) is 6.92 Å². The molecule has 2 aromatic heterocycles. The summed E-state index contributed by atoms with van der Waals surface area (Å²) in [6.07, 6.45) is 1.63. The standard InChI is InChI=1S/C16H18N4O2/c1-2-22-11-3-4-13-12(9-11)14-15(19-13)16(18-10-17-14)20-5-7-21-8-6-20/h3-4,9-10,19H,2,5-8H2,1H3. The van der Waals surface area contributed by atoms with Gasteiger partial charge in [-0.15, -0.1) is 0 Å². The van der Waals surface area contributed by atoms with Crippen LogP contribution in [0.5, 0.6) is 5.75 Å². The molecule has 22 heavy (non-hydrogen) atoms. The van der Waals surface area contributed by atoms with Gasteiger partial charge >= 0.3 is 0 Å². The zero-order chi connectivity index (χ0) is 14.9. The summed E-state index contributed by atoms with van der Waals surface area (Å²) in [5, 5.41) is 1.07. The van der Waals surface area contributed by atoms with Crippen LogP contribution in [0, 0.1) is 0 Å². The number of fused-ring (bicyclic) bond motifs is 3. The van der Waals surface area contributed by atoms with Crippen LogP contribution in [0.25, 0.3) is 21.9 Å². The molecule has 0 radical (unpaired) electrons. The van der Waals surface area contributed by atoms with Crippen LogP contribution in [-0.2, 0) is 4.74 Å². The third-order valence-corrected chi connectivity index (χ3v) is 3.95. The van der Waals surface area contributed by atoms with Gasteiger partial charge in [-0.1, -0.05) is 0 Å². The van der Waals surface area contributed by atoms with Crippen LogP contribution in [0.2, 0.25) is 0 Å². The first-order valence-electron chi connectivity index (χ1n) is 7.58. The van der Waals surface area contributed by atoms with Gasteiger partial charge in [0.05, 0.1) is 19.8 Å². The molecule has 1 saturated heterocycles. The minimum absolute atomic E-state index is 0.655. The summed E-state index contributed by atoms with van der Waals surface area (Å²) in [5.74, 6) is 1.81. The zero-order valence-electron chi connectivity index (χ0n) is 12.5. The molecule has 0 unspecified atom stereocenters. The lowest BCUT2D eigenvalue weighted by Crippen LogP contribution is -2.36. The van der Waals surface area contributed by atoms with Crippen molar-refractivity contribution >= 4 is 27.8 Å². The van der Waals surface area contributed by atoms with Gasteiger partial charge < -0.3 is 19.4 Å². The Kier molecular flexibility index (Phi) is 3.31. The Morgan fingerprint density at radius 2 is 2.14 bits per heavy atom. The molecule has 1 aromatic carbocycles. The van der Waals surface area contributed by atoms with Crippen molar-refractivity contribution in [2.75, 3.05) is 37.8 Å². The molecule has 0 spiro atoms. The van der Waals surface area contributed by atoms with Gasteiger partial charge in [-0.2, -0.15) is 0 Å². The highest BCUT2D eigenvalue weighted by atomic mass is 16.5. The van der Waals surface area contributed by atoms with Crippen LogP contribution in [0.15, 0.2) is 24.5 Å². The maximum atomic E-state index is 5.59. The number of hydrogen-bond donors (Lipinski definition) is 1. The molecular weight excluding hydrogens is 280 g/mol. The van der Waals surface area contributed by atoms with Crippen LogP contribution in [0.1, 0.15) is 6.92 Å². The number of nitrogens with zero attached hydrogens (tertiary/aromatic N) is 3. The normalized spacial score (nSPS) is 15.6. The molecule has 6 nitrogen and oxygen atoms in total. The lowest BCUT2D eigenvalue weighted by Gasteiger charge is -2.27. The van der Waals surface area contributed by atoms with Crippen LogP contribution >= 0.6 is 0 Å². The topological polar surface area (TPSA) is 63.3 Å². The minimum atomic E-state index is 0.655. The Morgan fingerprint density at radius 1 is 1.27 bits per heavy atom. The minimum Gasteiger partial charge on any atom is -0.494 e. The maximum absolute atomic E-state index is 5.59. The lowest BCUT2D eigenvalue weighted by molar-refractivity contribution is 0.122. The smallest absolute Gasteiger partial charge is 0.156 e. The van der Waals surface area contributed by atoms with Crippen molar-refractivity contribution in [3.8, 4) is 5.75 Å². The van der Waals surface area contributed by atoms with E-state index in [2.05, 4.69) is 19.9 Å². The third-order valence-electron chi connectivity index (χ3n) is 3.95. The van der Waals surface area contributed by atoms with Crippen molar-refractivity contribution in [1.82, 2.24) is 15.0 Å². The number of morpholine rings is 1. The number of hydrogen-bond acceptors (Lipinski definition) is 5. The molecule has 0 atom stereocenters. The zero-order valence-corrected chi connectivity index (χ0v) is 12.5. The van der Waals surface area contributed by atoms with E-state index in [1.54, 1.807) is 6.33 Å². The van der Waals surface area contributed by atoms with E-state index in [1.807, 2.05) is 25.1 Å². The SMILES string of the molecule is CCOc1ccc2[nH]c3c(N4CCOCC4)ncnc3c2c1. The number of ether oxygens (including phenoxy) is 2. The van der Waals surface area contributed by atoms with Crippen molar-refractivity contribution < 1.29 is 9.47 Å². The Bertz CT molecular complexity index is 808. The number of nitrogens with one attached hydrogen (secondary N) is 1. The summed E-state index contributed by atoms with van der Waals surface area (Å²) in [4.78, 5) is 14.6. The molecule has 0 saturated carbocycles. The molecule has 0 amide bonds.